The second kappa shape index (κ2) is 8.32. The van der Waals surface area contributed by atoms with Gasteiger partial charge in [0.05, 0.1) is 19.0 Å². The summed E-state index contributed by atoms with van der Waals surface area (Å²) in [6.07, 6.45) is 6.52. The van der Waals surface area contributed by atoms with Crippen molar-refractivity contribution in [3.05, 3.63) is 52.8 Å². The molecule has 4 rings (SSSR count). The highest BCUT2D eigenvalue weighted by Gasteiger charge is 2.17. The number of rotatable bonds is 7. The molecule has 1 aliphatic rings. The number of anilines is 1. The average molecular weight is 398 g/mol. The fourth-order valence-electron chi connectivity index (χ4n) is 3.63. The van der Waals surface area contributed by atoms with Crippen molar-refractivity contribution in [1.29, 1.82) is 0 Å². The molecule has 148 valence electrons. The molecule has 0 radical (unpaired) electrons. The summed E-state index contributed by atoms with van der Waals surface area (Å²) in [5.41, 5.74) is 3.39. The fraction of sp³-hybridized carbons (Fsp3) is 0.429. The summed E-state index contributed by atoms with van der Waals surface area (Å²) in [4.78, 5) is 8.26. The molecule has 6 nitrogen and oxygen atoms in total. The van der Waals surface area contributed by atoms with Crippen molar-refractivity contribution in [3.63, 3.8) is 0 Å². The molecule has 1 N–H and O–H groups in total. The van der Waals surface area contributed by atoms with E-state index >= 15 is 0 Å². The van der Waals surface area contributed by atoms with Crippen molar-refractivity contribution in [1.82, 2.24) is 20.1 Å². The smallest absolute Gasteiger partial charge is 0.185 e. The number of aromatic nitrogens is 3. The van der Waals surface area contributed by atoms with Gasteiger partial charge >= 0.3 is 0 Å². The molecular formula is C21H27N5OS. The van der Waals surface area contributed by atoms with Gasteiger partial charge in [-0.15, -0.1) is 11.3 Å². The van der Waals surface area contributed by atoms with E-state index in [1.807, 2.05) is 41.3 Å². The SMILES string of the molecule is COc1ccc(-n2ncc([C@H](C)NCc3cnc(N4CCCC4)s3)c2C)cc1. The van der Waals surface area contributed by atoms with E-state index in [2.05, 4.69) is 34.1 Å². The molecule has 1 saturated heterocycles. The topological polar surface area (TPSA) is 55.2 Å². The minimum atomic E-state index is 0.212. The van der Waals surface area contributed by atoms with Gasteiger partial charge in [0, 0.05) is 48.0 Å². The van der Waals surface area contributed by atoms with Crippen LogP contribution in [0.2, 0.25) is 0 Å². The van der Waals surface area contributed by atoms with Crippen molar-refractivity contribution in [3.8, 4) is 11.4 Å². The Kier molecular flexibility index (Phi) is 5.64. The van der Waals surface area contributed by atoms with Gasteiger partial charge in [0.1, 0.15) is 5.75 Å². The van der Waals surface area contributed by atoms with E-state index in [0.717, 1.165) is 41.9 Å². The van der Waals surface area contributed by atoms with Gasteiger partial charge in [-0.3, -0.25) is 0 Å². The Bertz CT molecular complexity index is 911. The van der Waals surface area contributed by atoms with Gasteiger partial charge in [-0.2, -0.15) is 5.10 Å². The molecule has 0 aliphatic carbocycles. The maximum absolute atomic E-state index is 5.24. The first kappa shape index (κ1) is 19.0. The highest BCUT2D eigenvalue weighted by Crippen LogP contribution is 2.27. The summed E-state index contributed by atoms with van der Waals surface area (Å²) in [5, 5.41) is 9.37. The predicted octanol–water partition coefficient (Wildman–Crippen LogP) is 4.10. The molecular weight excluding hydrogens is 370 g/mol. The molecule has 28 heavy (non-hydrogen) atoms. The maximum atomic E-state index is 5.24. The molecule has 0 amide bonds. The molecule has 3 aromatic rings. The van der Waals surface area contributed by atoms with Crippen LogP contribution in [0.15, 0.2) is 36.7 Å². The Morgan fingerprint density at radius 1 is 1.18 bits per heavy atom. The van der Waals surface area contributed by atoms with Crippen LogP contribution in [-0.2, 0) is 6.54 Å². The summed E-state index contributed by atoms with van der Waals surface area (Å²) in [7, 11) is 1.68. The predicted molar refractivity (Wildman–Crippen MR) is 114 cm³/mol. The Labute approximate surface area is 170 Å². The third-order valence-electron chi connectivity index (χ3n) is 5.33. The molecule has 3 heterocycles. The van der Waals surface area contributed by atoms with Crippen molar-refractivity contribution in [2.75, 3.05) is 25.1 Å². The standard InChI is InChI=1S/C21H27N5OS/c1-15(22-12-19-13-23-21(28-19)25-10-4-5-11-25)20-14-24-26(16(20)2)17-6-8-18(27-3)9-7-17/h6-9,13-15,22H,4-5,10-12H2,1-3H3/t15-/m0/s1. The number of hydrogen-bond donors (Lipinski definition) is 1. The van der Waals surface area contributed by atoms with Gasteiger partial charge in [-0.1, -0.05) is 0 Å². The molecule has 1 aromatic carbocycles. The third kappa shape index (κ3) is 3.91. The molecule has 2 aromatic heterocycles. The quantitative estimate of drug-likeness (QED) is 0.651. The van der Waals surface area contributed by atoms with Crippen molar-refractivity contribution >= 4 is 16.5 Å². The highest BCUT2D eigenvalue weighted by atomic mass is 32.1. The van der Waals surface area contributed by atoms with Crippen LogP contribution in [0.1, 0.15) is 41.9 Å². The van der Waals surface area contributed by atoms with E-state index in [1.165, 1.54) is 23.3 Å². The number of thiazole rings is 1. The number of nitrogens with one attached hydrogen (secondary N) is 1. The third-order valence-corrected chi connectivity index (χ3v) is 6.39. The molecule has 0 bridgehead atoms. The van der Waals surface area contributed by atoms with Crippen molar-refractivity contribution in [2.24, 2.45) is 0 Å². The van der Waals surface area contributed by atoms with Gasteiger partial charge in [0.2, 0.25) is 0 Å². The monoisotopic (exact) mass is 397 g/mol. The number of ether oxygens (including phenoxy) is 1. The molecule has 7 heteroatoms. The van der Waals surface area contributed by atoms with Crippen molar-refractivity contribution in [2.45, 2.75) is 39.3 Å². The van der Waals surface area contributed by atoms with E-state index < -0.39 is 0 Å². The zero-order valence-electron chi connectivity index (χ0n) is 16.7. The Morgan fingerprint density at radius 2 is 1.93 bits per heavy atom. The van der Waals surface area contributed by atoms with E-state index in [1.54, 1.807) is 18.4 Å². The van der Waals surface area contributed by atoms with Crippen LogP contribution in [0.4, 0.5) is 5.13 Å². The molecule has 1 fully saturated rings. The normalized spacial score (nSPS) is 15.2. The van der Waals surface area contributed by atoms with Crippen LogP contribution in [0.5, 0.6) is 5.75 Å². The lowest BCUT2D eigenvalue weighted by Gasteiger charge is -2.14. The Hall–Kier alpha value is -2.38. The van der Waals surface area contributed by atoms with Crippen LogP contribution in [-0.4, -0.2) is 35.0 Å². The van der Waals surface area contributed by atoms with Gasteiger partial charge < -0.3 is 15.0 Å². The zero-order valence-corrected chi connectivity index (χ0v) is 17.5. The Balaban J connectivity index is 1.41. The van der Waals surface area contributed by atoms with Crippen LogP contribution in [0.3, 0.4) is 0 Å². The number of hydrogen-bond acceptors (Lipinski definition) is 6. The molecule has 1 atom stereocenters. The summed E-state index contributed by atoms with van der Waals surface area (Å²) >= 11 is 1.80. The molecule has 0 saturated carbocycles. The fourth-order valence-corrected chi connectivity index (χ4v) is 4.54. The van der Waals surface area contributed by atoms with Crippen LogP contribution in [0, 0.1) is 6.92 Å². The first-order valence-corrected chi connectivity index (χ1v) is 10.6. The molecule has 0 spiro atoms. The van der Waals surface area contributed by atoms with Gasteiger partial charge in [0.25, 0.3) is 0 Å². The summed E-state index contributed by atoms with van der Waals surface area (Å²) in [6.45, 7) is 7.40. The van der Waals surface area contributed by atoms with Crippen LogP contribution >= 0.6 is 11.3 Å². The number of nitrogens with zero attached hydrogens (tertiary/aromatic N) is 4. The number of benzene rings is 1. The first-order chi connectivity index (χ1) is 13.7. The lowest BCUT2D eigenvalue weighted by atomic mass is 10.1. The van der Waals surface area contributed by atoms with E-state index in [-0.39, 0.29) is 6.04 Å². The minimum absolute atomic E-state index is 0.212. The maximum Gasteiger partial charge on any atom is 0.185 e. The Morgan fingerprint density at radius 3 is 2.64 bits per heavy atom. The summed E-state index contributed by atoms with van der Waals surface area (Å²) < 4.78 is 7.22. The highest BCUT2D eigenvalue weighted by molar-refractivity contribution is 7.15. The van der Waals surface area contributed by atoms with Crippen LogP contribution in [0.25, 0.3) is 5.69 Å². The van der Waals surface area contributed by atoms with E-state index in [4.69, 9.17) is 4.74 Å². The van der Waals surface area contributed by atoms with Crippen LogP contribution < -0.4 is 15.0 Å². The lowest BCUT2D eigenvalue weighted by Crippen LogP contribution is -2.18. The zero-order chi connectivity index (χ0) is 19.5. The van der Waals surface area contributed by atoms with E-state index in [0.29, 0.717) is 0 Å². The van der Waals surface area contributed by atoms with E-state index in [9.17, 15) is 0 Å². The molecule has 1 aliphatic heterocycles. The summed E-state index contributed by atoms with van der Waals surface area (Å²) in [5.74, 6) is 0.849. The minimum Gasteiger partial charge on any atom is -0.497 e. The average Bonchev–Trinajstić information content (AvgIpc) is 3.47. The second-order valence-corrected chi connectivity index (χ2v) is 8.29. The van der Waals surface area contributed by atoms with Gasteiger partial charge in [0.15, 0.2) is 5.13 Å². The summed E-state index contributed by atoms with van der Waals surface area (Å²) in [6, 6.07) is 8.18. The number of methoxy groups -OCH3 is 1. The van der Waals surface area contributed by atoms with Gasteiger partial charge in [-0.25, -0.2) is 9.67 Å². The largest absolute Gasteiger partial charge is 0.497 e. The lowest BCUT2D eigenvalue weighted by molar-refractivity contribution is 0.414. The van der Waals surface area contributed by atoms with Crippen molar-refractivity contribution < 1.29 is 4.74 Å². The molecule has 0 unspecified atom stereocenters. The first-order valence-electron chi connectivity index (χ1n) is 9.77. The van der Waals surface area contributed by atoms with Gasteiger partial charge in [-0.05, 0) is 51.0 Å². The second-order valence-electron chi connectivity index (χ2n) is 7.20.